The summed E-state index contributed by atoms with van der Waals surface area (Å²) >= 11 is 0. The van der Waals surface area contributed by atoms with E-state index in [1.807, 2.05) is 6.92 Å². The minimum absolute atomic E-state index is 0.0950. The van der Waals surface area contributed by atoms with Crippen LogP contribution in [0.2, 0.25) is 0 Å². The molecule has 0 aromatic carbocycles. The van der Waals surface area contributed by atoms with Gasteiger partial charge in [-0.3, -0.25) is 4.90 Å². The first kappa shape index (κ1) is 10.0. The minimum Gasteiger partial charge on any atom is -0.393 e. The Kier molecular flexibility index (Phi) is 3.53. The zero-order chi connectivity index (χ0) is 9.14. The second-order valence-electron chi connectivity index (χ2n) is 4.05. The minimum atomic E-state index is -0.0950. The lowest BCUT2D eigenvalue weighted by Crippen LogP contribution is -2.26. The topological polar surface area (TPSA) is 23.2 Å². The van der Waals surface area contributed by atoms with E-state index in [1.165, 1.54) is 13.1 Å². The van der Waals surface area contributed by atoms with Gasteiger partial charge < -0.3 is 5.11 Å². The normalized spacial score (nSPS) is 25.0. The summed E-state index contributed by atoms with van der Waals surface area (Å²) < 4.78 is 0. The van der Waals surface area contributed by atoms with Crippen LogP contribution in [0, 0.1) is 5.92 Å². The highest BCUT2D eigenvalue weighted by Gasteiger charge is 2.28. The van der Waals surface area contributed by atoms with Crippen LogP contribution in [0.4, 0.5) is 0 Å². The molecule has 3 atom stereocenters. The average Bonchev–Trinajstić information content (AvgIpc) is 2.85. The van der Waals surface area contributed by atoms with Crippen molar-refractivity contribution in [2.75, 3.05) is 13.1 Å². The second kappa shape index (κ2) is 4.24. The van der Waals surface area contributed by atoms with Crippen LogP contribution in [-0.4, -0.2) is 35.2 Å². The van der Waals surface area contributed by atoms with Gasteiger partial charge in [-0.15, -0.1) is 0 Å². The molecule has 2 heteroatoms. The molecule has 1 N–H and O–H groups in total. The maximum Gasteiger partial charge on any atom is 0.0540 e. The van der Waals surface area contributed by atoms with Crippen molar-refractivity contribution in [1.82, 2.24) is 4.90 Å². The van der Waals surface area contributed by atoms with Gasteiger partial charge in [-0.25, -0.2) is 0 Å². The van der Waals surface area contributed by atoms with Crippen molar-refractivity contribution in [3.05, 3.63) is 0 Å². The highest BCUT2D eigenvalue weighted by Crippen LogP contribution is 2.21. The highest BCUT2D eigenvalue weighted by atomic mass is 16.3. The lowest BCUT2D eigenvalue weighted by Gasteiger charge is -2.22. The van der Waals surface area contributed by atoms with Crippen LogP contribution in [0.25, 0.3) is 0 Å². The fraction of sp³-hybridized carbons (Fsp3) is 1.00. The van der Waals surface area contributed by atoms with E-state index in [-0.39, 0.29) is 6.10 Å². The Hall–Kier alpha value is -0.0800. The maximum atomic E-state index is 9.46. The third-order valence-corrected chi connectivity index (χ3v) is 3.00. The molecule has 0 saturated carbocycles. The summed E-state index contributed by atoms with van der Waals surface area (Å²) in [6.07, 6.45) is 1.74. The number of rotatable bonds is 5. The third kappa shape index (κ3) is 2.76. The molecule has 1 heterocycles. The van der Waals surface area contributed by atoms with E-state index in [0.717, 1.165) is 12.8 Å². The van der Waals surface area contributed by atoms with Gasteiger partial charge in [-0.05, 0) is 25.7 Å². The quantitative estimate of drug-likeness (QED) is 0.633. The molecule has 0 bridgehead atoms. The molecule has 1 aliphatic heterocycles. The fourth-order valence-electron chi connectivity index (χ4n) is 1.62. The third-order valence-electron chi connectivity index (χ3n) is 3.00. The highest BCUT2D eigenvalue weighted by molar-refractivity contribution is 4.83. The molecule has 1 unspecified atom stereocenters. The first-order valence-electron chi connectivity index (χ1n) is 5.07. The molecular formula is C10H21NO. The van der Waals surface area contributed by atoms with E-state index >= 15 is 0 Å². The number of hydrogen-bond donors (Lipinski definition) is 1. The van der Waals surface area contributed by atoms with Gasteiger partial charge in [0.05, 0.1) is 6.10 Å². The Balaban J connectivity index is 2.21. The van der Waals surface area contributed by atoms with Crippen LogP contribution in [0.15, 0.2) is 0 Å². The zero-order valence-electron chi connectivity index (χ0n) is 8.45. The first-order valence-corrected chi connectivity index (χ1v) is 5.07. The van der Waals surface area contributed by atoms with Crippen LogP contribution < -0.4 is 0 Å². The molecule has 0 aromatic heterocycles. The number of aliphatic hydroxyl groups excluding tert-OH is 1. The molecule has 0 radical (unpaired) electrons. The molecule has 1 fully saturated rings. The summed E-state index contributed by atoms with van der Waals surface area (Å²) in [6.45, 7) is 9.06. The monoisotopic (exact) mass is 171 g/mol. The zero-order valence-corrected chi connectivity index (χ0v) is 8.45. The molecule has 1 aliphatic rings. The molecule has 0 aliphatic carbocycles. The van der Waals surface area contributed by atoms with Crippen molar-refractivity contribution in [1.29, 1.82) is 0 Å². The molecular weight excluding hydrogens is 150 g/mol. The second-order valence-corrected chi connectivity index (χ2v) is 4.05. The number of hydrogen-bond acceptors (Lipinski definition) is 2. The van der Waals surface area contributed by atoms with Crippen molar-refractivity contribution in [2.24, 2.45) is 5.92 Å². The van der Waals surface area contributed by atoms with Gasteiger partial charge in [-0.1, -0.05) is 13.8 Å². The molecule has 1 saturated heterocycles. The van der Waals surface area contributed by atoms with E-state index < -0.39 is 0 Å². The Morgan fingerprint density at radius 3 is 2.33 bits per heavy atom. The van der Waals surface area contributed by atoms with Crippen molar-refractivity contribution >= 4 is 0 Å². The summed E-state index contributed by atoms with van der Waals surface area (Å²) in [5.74, 6) is 0.627. The van der Waals surface area contributed by atoms with Crippen LogP contribution in [0.1, 0.15) is 33.6 Å². The van der Waals surface area contributed by atoms with Gasteiger partial charge >= 0.3 is 0 Å². The van der Waals surface area contributed by atoms with Crippen molar-refractivity contribution in [3.8, 4) is 0 Å². The van der Waals surface area contributed by atoms with Crippen molar-refractivity contribution in [3.63, 3.8) is 0 Å². The van der Waals surface area contributed by atoms with Gasteiger partial charge in [0.2, 0.25) is 0 Å². The standard InChI is InChI=1S/C10H21NO/c1-4-10(12)7-8(2)9(3)11-5-6-11/h8-10,12H,4-7H2,1-3H3/t8-,9?,10-/m0/s1. The van der Waals surface area contributed by atoms with Crippen molar-refractivity contribution in [2.45, 2.75) is 45.8 Å². The van der Waals surface area contributed by atoms with Crippen molar-refractivity contribution < 1.29 is 5.11 Å². The molecule has 72 valence electrons. The van der Waals surface area contributed by atoms with Gasteiger partial charge in [0.25, 0.3) is 0 Å². The Morgan fingerprint density at radius 1 is 1.33 bits per heavy atom. The molecule has 2 nitrogen and oxygen atoms in total. The number of aliphatic hydroxyl groups is 1. The van der Waals surface area contributed by atoms with E-state index in [4.69, 9.17) is 0 Å². The molecule has 12 heavy (non-hydrogen) atoms. The van der Waals surface area contributed by atoms with Crippen LogP contribution >= 0.6 is 0 Å². The van der Waals surface area contributed by atoms with Gasteiger partial charge in [0.1, 0.15) is 0 Å². The molecule has 1 rings (SSSR count). The lowest BCUT2D eigenvalue weighted by molar-refractivity contribution is 0.125. The van der Waals surface area contributed by atoms with E-state index in [2.05, 4.69) is 18.7 Å². The fourth-order valence-corrected chi connectivity index (χ4v) is 1.62. The van der Waals surface area contributed by atoms with Gasteiger partial charge in [0.15, 0.2) is 0 Å². The predicted molar refractivity (Wildman–Crippen MR) is 51.1 cm³/mol. The van der Waals surface area contributed by atoms with Crippen LogP contribution in [0.3, 0.4) is 0 Å². The summed E-state index contributed by atoms with van der Waals surface area (Å²) in [6, 6.07) is 0.659. The largest absolute Gasteiger partial charge is 0.393 e. The van der Waals surface area contributed by atoms with Crippen LogP contribution in [-0.2, 0) is 0 Å². The Bertz CT molecular complexity index is 134. The summed E-state index contributed by atoms with van der Waals surface area (Å²) in [5.41, 5.74) is 0. The van der Waals surface area contributed by atoms with Gasteiger partial charge in [-0.2, -0.15) is 0 Å². The summed E-state index contributed by atoms with van der Waals surface area (Å²) in [4.78, 5) is 2.45. The van der Waals surface area contributed by atoms with E-state index in [0.29, 0.717) is 12.0 Å². The SMILES string of the molecule is CC[C@H](O)C[C@H](C)C(C)N1CC1. The summed E-state index contributed by atoms with van der Waals surface area (Å²) in [7, 11) is 0. The molecule has 0 aromatic rings. The summed E-state index contributed by atoms with van der Waals surface area (Å²) in [5, 5.41) is 9.46. The van der Waals surface area contributed by atoms with E-state index in [9.17, 15) is 5.11 Å². The molecule has 0 spiro atoms. The Labute approximate surface area is 75.6 Å². The predicted octanol–water partition coefficient (Wildman–Crippen LogP) is 1.49. The van der Waals surface area contributed by atoms with Gasteiger partial charge in [0, 0.05) is 19.1 Å². The average molecular weight is 171 g/mol. The smallest absolute Gasteiger partial charge is 0.0540 e. The first-order chi connectivity index (χ1) is 5.65. The maximum absolute atomic E-state index is 9.46. The number of nitrogens with zero attached hydrogens (tertiary/aromatic N) is 1. The Morgan fingerprint density at radius 2 is 1.92 bits per heavy atom. The van der Waals surface area contributed by atoms with E-state index in [1.54, 1.807) is 0 Å². The molecule has 0 amide bonds. The lowest BCUT2D eigenvalue weighted by atomic mass is 9.95. The van der Waals surface area contributed by atoms with Crippen LogP contribution in [0.5, 0.6) is 0 Å².